The normalized spacial score (nSPS) is 20.6. The Labute approximate surface area is 108 Å². The summed E-state index contributed by atoms with van der Waals surface area (Å²) < 4.78 is 0. The maximum Gasteiger partial charge on any atom is 0.0931 e. The standard InChI is InChI=1S/C13H23N3S/c1-3-16-6-4-11(5-7-16)8-13-15-9-12(17-13)10(2)14/h9-11H,3-8,14H2,1-2H3. The van der Waals surface area contributed by atoms with Gasteiger partial charge in [-0.15, -0.1) is 11.3 Å². The average Bonchev–Trinajstić information content (AvgIpc) is 2.79. The topological polar surface area (TPSA) is 42.2 Å². The van der Waals surface area contributed by atoms with Gasteiger partial charge in [-0.25, -0.2) is 4.98 Å². The molecule has 0 aliphatic carbocycles. The minimum absolute atomic E-state index is 0.128. The van der Waals surface area contributed by atoms with Crippen molar-refractivity contribution in [2.75, 3.05) is 19.6 Å². The molecule has 1 fully saturated rings. The van der Waals surface area contributed by atoms with Crippen LogP contribution >= 0.6 is 11.3 Å². The molecule has 17 heavy (non-hydrogen) atoms. The number of likely N-dealkylation sites (tertiary alicyclic amines) is 1. The van der Waals surface area contributed by atoms with E-state index < -0.39 is 0 Å². The fraction of sp³-hybridized carbons (Fsp3) is 0.769. The fourth-order valence-electron chi connectivity index (χ4n) is 2.38. The molecular formula is C13H23N3S. The van der Waals surface area contributed by atoms with E-state index in [1.807, 2.05) is 13.1 Å². The number of nitrogens with two attached hydrogens (primary N) is 1. The van der Waals surface area contributed by atoms with Crippen LogP contribution in [-0.4, -0.2) is 29.5 Å². The van der Waals surface area contributed by atoms with Gasteiger partial charge in [0.15, 0.2) is 0 Å². The molecule has 1 atom stereocenters. The molecular weight excluding hydrogens is 230 g/mol. The lowest BCUT2D eigenvalue weighted by Crippen LogP contribution is -2.33. The minimum Gasteiger partial charge on any atom is -0.323 e. The van der Waals surface area contributed by atoms with Gasteiger partial charge in [0, 0.05) is 23.5 Å². The molecule has 0 aromatic carbocycles. The summed E-state index contributed by atoms with van der Waals surface area (Å²) in [6.45, 7) is 7.98. The van der Waals surface area contributed by atoms with Crippen LogP contribution in [0, 0.1) is 5.92 Å². The smallest absolute Gasteiger partial charge is 0.0931 e. The molecule has 3 nitrogen and oxygen atoms in total. The third-order valence-electron chi connectivity index (χ3n) is 3.64. The molecule has 1 aromatic heterocycles. The summed E-state index contributed by atoms with van der Waals surface area (Å²) >= 11 is 1.79. The van der Waals surface area contributed by atoms with Crippen LogP contribution in [0.4, 0.5) is 0 Å². The minimum atomic E-state index is 0.128. The zero-order valence-electron chi connectivity index (χ0n) is 10.9. The number of nitrogens with zero attached hydrogens (tertiary/aromatic N) is 2. The van der Waals surface area contributed by atoms with Crippen LogP contribution in [0.15, 0.2) is 6.20 Å². The lowest BCUT2D eigenvalue weighted by Gasteiger charge is -2.30. The Morgan fingerprint density at radius 1 is 1.53 bits per heavy atom. The van der Waals surface area contributed by atoms with Crippen molar-refractivity contribution in [3.63, 3.8) is 0 Å². The van der Waals surface area contributed by atoms with Crippen LogP contribution in [0.1, 0.15) is 42.6 Å². The van der Waals surface area contributed by atoms with Crippen LogP contribution in [0.5, 0.6) is 0 Å². The SMILES string of the molecule is CCN1CCC(Cc2ncc(C(C)N)s2)CC1. The fourth-order valence-corrected chi connectivity index (χ4v) is 3.37. The highest BCUT2D eigenvalue weighted by atomic mass is 32.1. The number of rotatable bonds is 4. The van der Waals surface area contributed by atoms with E-state index in [0.717, 1.165) is 12.3 Å². The first kappa shape index (κ1) is 13.0. The number of thiazole rings is 1. The van der Waals surface area contributed by atoms with E-state index in [-0.39, 0.29) is 6.04 Å². The average molecular weight is 253 g/mol. The molecule has 96 valence electrons. The van der Waals surface area contributed by atoms with E-state index in [9.17, 15) is 0 Å². The third kappa shape index (κ3) is 3.50. The molecule has 1 aromatic rings. The predicted molar refractivity (Wildman–Crippen MR) is 73.3 cm³/mol. The van der Waals surface area contributed by atoms with Crippen LogP contribution in [0.2, 0.25) is 0 Å². The monoisotopic (exact) mass is 253 g/mol. The number of piperidine rings is 1. The highest BCUT2D eigenvalue weighted by molar-refractivity contribution is 7.11. The molecule has 1 aliphatic heterocycles. The second kappa shape index (κ2) is 5.94. The molecule has 1 saturated heterocycles. The summed E-state index contributed by atoms with van der Waals surface area (Å²) in [4.78, 5) is 8.24. The number of hydrogen-bond donors (Lipinski definition) is 1. The molecule has 0 amide bonds. The van der Waals surface area contributed by atoms with E-state index in [1.165, 1.54) is 42.4 Å². The molecule has 2 rings (SSSR count). The molecule has 1 aliphatic rings. The van der Waals surface area contributed by atoms with Crippen molar-refractivity contribution in [1.82, 2.24) is 9.88 Å². The van der Waals surface area contributed by atoms with E-state index in [2.05, 4.69) is 16.8 Å². The Kier molecular flexibility index (Phi) is 4.54. The summed E-state index contributed by atoms with van der Waals surface area (Å²) in [5.41, 5.74) is 5.86. The zero-order chi connectivity index (χ0) is 12.3. The van der Waals surface area contributed by atoms with Gasteiger partial charge in [-0.05, 0) is 45.3 Å². The van der Waals surface area contributed by atoms with Gasteiger partial charge in [-0.2, -0.15) is 0 Å². The maximum absolute atomic E-state index is 5.86. The number of aromatic nitrogens is 1. The lowest BCUT2D eigenvalue weighted by atomic mass is 9.94. The van der Waals surface area contributed by atoms with Crippen molar-refractivity contribution in [3.8, 4) is 0 Å². The molecule has 0 radical (unpaired) electrons. The first-order chi connectivity index (χ1) is 8.19. The van der Waals surface area contributed by atoms with Gasteiger partial charge >= 0.3 is 0 Å². The van der Waals surface area contributed by atoms with Gasteiger partial charge in [-0.3, -0.25) is 0 Å². The second-order valence-electron chi connectivity index (χ2n) is 5.03. The van der Waals surface area contributed by atoms with Crippen LogP contribution in [0.3, 0.4) is 0 Å². The van der Waals surface area contributed by atoms with Crippen LogP contribution in [-0.2, 0) is 6.42 Å². The Balaban J connectivity index is 1.84. The Morgan fingerprint density at radius 3 is 2.76 bits per heavy atom. The Morgan fingerprint density at radius 2 is 2.24 bits per heavy atom. The summed E-state index contributed by atoms with van der Waals surface area (Å²) in [6.07, 6.45) is 5.74. The summed E-state index contributed by atoms with van der Waals surface area (Å²) in [6, 6.07) is 0.128. The highest BCUT2D eigenvalue weighted by Gasteiger charge is 2.19. The lowest BCUT2D eigenvalue weighted by molar-refractivity contribution is 0.192. The quantitative estimate of drug-likeness (QED) is 0.896. The molecule has 1 unspecified atom stereocenters. The second-order valence-corrected chi connectivity index (χ2v) is 6.17. The van der Waals surface area contributed by atoms with E-state index >= 15 is 0 Å². The molecule has 2 N–H and O–H groups in total. The molecule has 0 saturated carbocycles. The van der Waals surface area contributed by atoms with Gasteiger partial charge in [0.05, 0.1) is 5.01 Å². The Bertz CT molecular complexity index is 340. The first-order valence-electron chi connectivity index (χ1n) is 6.61. The van der Waals surface area contributed by atoms with Gasteiger partial charge < -0.3 is 10.6 Å². The van der Waals surface area contributed by atoms with Crippen molar-refractivity contribution < 1.29 is 0 Å². The Hall–Kier alpha value is -0.450. The largest absolute Gasteiger partial charge is 0.323 e. The van der Waals surface area contributed by atoms with Crippen molar-refractivity contribution in [2.45, 2.75) is 39.2 Å². The van der Waals surface area contributed by atoms with Crippen molar-refractivity contribution in [3.05, 3.63) is 16.1 Å². The highest BCUT2D eigenvalue weighted by Crippen LogP contribution is 2.25. The van der Waals surface area contributed by atoms with Gasteiger partial charge in [-0.1, -0.05) is 6.92 Å². The molecule has 2 heterocycles. The molecule has 0 bridgehead atoms. The molecule has 4 heteroatoms. The summed E-state index contributed by atoms with van der Waals surface area (Å²) in [5, 5.41) is 1.27. The van der Waals surface area contributed by atoms with Crippen molar-refractivity contribution >= 4 is 11.3 Å². The van der Waals surface area contributed by atoms with Crippen molar-refractivity contribution in [1.29, 1.82) is 0 Å². The van der Waals surface area contributed by atoms with Crippen molar-refractivity contribution in [2.24, 2.45) is 11.7 Å². The zero-order valence-corrected chi connectivity index (χ0v) is 11.7. The van der Waals surface area contributed by atoms with E-state index in [1.54, 1.807) is 11.3 Å². The van der Waals surface area contributed by atoms with Crippen LogP contribution in [0.25, 0.3) is 0 Å². The summed E-state index contributed by atoms with van der Waals surface area (Å²) in [7, 11) is 0. The first-order valence-corrected chi connectivity index (χ1v) is 7.43. The summed E-state index contributed by atoms with van der Waals surface area (Å²) in [5.74, 6) is 0.824. The van der Waals surface area contributed by atoms with Gasteiger partial charge in [0.2, 0.25) is 0 Å². The molecule has 0 spiro atoms. The van der Waals surface area contributed by atoms with E-state index in [4.69, 9.17) is 5.73 Å². The van der Waals surface area contributed by atoms with Gasteiger partial charge in [0.1, 0.15) is 0 Å². The maximum atomic E-state index is 5.86. The van der Waals surface area contributed by atoms with Crippen LogP contribution < -0.4 is 5.73 Å². The van der Waals surface area contributed by atoms with E-state index in [0.29, 0.717) is 0 Å². The third-order valence-corrected chi connectivity index (χ3v) is 4.86. The van der Waals surface area contributed by atoms with Gasteiger partial charge in [0.25, 0.3) is 0 Å². The number of hydrogen-bond acceptors (Lipinski definition) is 4. The predicted octanol–water partition coefficient (Wildman–Crippen LogP) is 2.44.